The van der Waals surface area contributed by atoms with Crippen molar-refractivity contribution >= 4 is 11.8 Å². The largest absolute Gasteiger partial charge is 0.463 e. The average molecular weight is 383 g/mol. The molecule has 0 bridgehead atoms. The van der Waals surface area contributed by atoms with Crippen LogP contribution in [0, 0.1) is 11.3 Å². The summed E-state index contributed by atoms with van der Waals surface area (Å²) in [5.74, 6) is -0.700. The van der Waals surface area contributed by atoms with E-state index in [0.29, 0.717) is 30.8 Å². The molecule has 1 aliphatic heterocycles. The molecule has 5 heteroatoms. The van der Waals surface area contributed by atoms with Crippen LogP contribution in [0.25, 0.3) is 0 Å². The Bertz CT molecular complexity index is 820. The van der Waals surface area contributed by atoms with Crippen LogP contribution in [0.2, 0.25) is 0 Å². The van der Waals surface area contributed by atoms with Gasteiger partial charge in [-0.1, -0.05) is 44.2 Å². The van der Waals surface area contributed by atoms with Gasteiger partial charge in [0, 0.05) is 29.3 Å². The van der Waals surface area contributed by atoms with Crippen molar-refractivity contribution in [2.45, 2.75) is 47.1 Å². The summed E-state index contributed by atoms with van der Waals surface area (Å²) in [7, 11) is 0. The van der Waals surface area contributed by atoms with Crippen LogP contribution in [-0.2, 0) is 25.7 Å². The third-order valence-corrected chi connectivity index (χ3v) is 5.25. The molecule has 0 unspecified atom stereocenters. The van der Waals surface area contributed by atoms with Crippen LogP contribution in [0.4, 0.5) is 0 Å². The zero-order valence-electron chi connectivity index (χ0n) is 17.1. The zero-order chi connectivity index (χ0) is 20.3. The monoisotopic (exact) mass is 383 g/mol. The highest BCUT2D eigenvalue weighted by Gasteiger charge is 2.42. The van der Waals surface area contributed by atoms with Crippen LogP contribution >= 0.6 is 0 Å². The van der Waals surface area contributed by atoms with E-state index in [1.807, 2.05) is 37.3 Å². The van der Waals surface area contributed by atoms with Gasteiger partial charge in [-0.15, -0.1) is 0 Å². The number of rotatable bonds is 6. The van der Waals surface area contributed by atoms with E-state index in [1.165, 1.54) is 0 Å². The molecular formula is C23H29NO4. The van der Waals surface area contributed by atoms with Crippen LogP contribution in [0.5, 0.6) is 0 Å². The maximum absolute atomic E-state index is 13.0. The average Bonchev–Trinajstić information content (AvgIpc) is 2.61. The molecule has 0 amide bonds. The molecule has 1 heterocycles. The molecule has 0 fully saturated rings. The molecule has 0 aromatic heterocycles. The molecule has 0 radical (unpaired) electrons. The summed E-state index contributed by atoms with van der Waals surface area (Å²) in [5, 5.41) is 3.31. The van der Waals surface area contributed by atoms with Gasteiger partial charge >= 0.3 is 5.97 Å². The number of carbonyl (C=O) groups excluding carboxylic acids is 2. The second kappa shape index (κ2) is 8.31. The molecule has 1 N–H and O–H groups in total. The topological polar surface area (TPSA) is 64.6 Å². The minimum atomic E-state index is -0.400. The molecule has 0 spiro atoms. The third kappa shape index (κ3) is 4.36. The zero-order valence-corrected chi connectivity index (χ0v) is 17.1. The lowest BCUT2D eigenvalue weighted by atomic mass is 9.70. The number of ether oxygens (including phenoxy) is 2. The van der Waals surface area contributed by atoms with Gasteiger partial charge in [0.25, 0.3) is 0 Å². The van der Waals surface area contributed by atoms with Gasteiger partial charge in [-0.25, -0.2) is 4.79 Å². The minimum Gasteiger partial charge on any atom is -0.463 e. The van der Waals surface area contributed by atoms with E-state index in [2.05, 4.69) is 19.2 Å². The van der Waals surface area contributed by atoms with Gasteiger partial charge in [0.05, 0.1) is 25.4 Å². The minimum absolute atomic E-state index is 0.0846. The van der Waals surface area contributed by atoms with Crippen LogP contribution < -0.4 is 5.32 Å². The predicted octanol–water partition coefficient (Wildman–Crippen LogP) is 3.90. The number of hydrogen-bond acceptors (Lipinski definition) is 5. The summed E-state index contributed by atoms with van der Waals surface area (Å²) < 4.78 is 11.2. The number of esters is 1. The van der Waals surface area contributed by atoms with Crippen molar-refractivity contribution in [1.29, 1.82) is 0 Å². The first-order valence-corrected chi connectivity index (χ1v) is 9.85. The van der Waals surface area contributed by atoms with Gasteiger partial charge < -0.3 is 14.8 Å². The van der Waals surface area contributed by atoms with Crippen molar-refractivity contribution in [1.82, 2.24) is 5.32 Å². The number of benzene rings is 1. The van der Waals surface area contributed by atoms with Gasteiger partial charge in [0.1, 0.15) is 0 Å². The molecule has 3 rings (SSSR count). The number of carbonyl (C=O) groups is 2. The van der Waals surface area contributed by atoms with Crippen LogP contribution in [0.3, 0.4) is 0 Å². The molecular weight excluding hydrogens is 354 g/mol. The predicted molar refractivity (Wildman–Crippen MR) is 107 cm³/mol. The Morgan fingerprint density at radius 1 is 1.21 bits per heavy atom. The van der Waals surface area contributed by atoms with E-state index in [4.69, 9.17) is 9.47 Å². The fraction of sp³-hybridized carbons (Fsp3) is 0.478. The SMILES string of the molecule is CCOC(=O)C1=C(C)NC2=C(C(=O)CC(C)(C)C2)[C@H]1COCc1ccccc1. The van der Waals surface area contributed by atoms with Gasteiger partial charge in [-0.05, 0) is 31.2 Å². The van der Waals surface area contributed by atoms with Gasteiger partial charge in [0.15, 0.2) is 5.78 Å². The molecule has 0 saturated carbocycles. The summed E-state index contributed by atoms with van der Waals surface area (Å²) in [6.07, 6.45) is 1.24. The molecule has 5 nitrogen and oxygen atoms in total. The van der Waals surface area contributed by atoms with E-state index in [-0.39, 0.29) is 23.8 Å². The van der Waals surface area contributed by atoms with E-state index < -0.39 is 5.92 Å². The Balaban J connectivity index is 1.88. The van der Waals surface area contributed by atoms with Crippen LogP contribution in [0.1, 0.15) is 46.1 Å². The summed E-state index contributed by atoms with van der Waals surface area (Å²) in [6.45, 7) is 8.83. The number of dihydropyridines is 1. The van der Waals surface area contributed by atoms with Crippen molar-refractivity contribution in [3.05, 3.63) is 58.4 Å². The van der Waals surface area contributed by atoms with E-state index in [0.717, 1.165) is 23.4 Å². The summed E-state index contributed by atoms with van der Waals surface area (Å²) >= 11 is 0. The normalized spacial score (nSPS) is 21.3. The van der Waals surface area contributed by atoms with E-state index in [1.54, 1.807) is 6.92 Å². The molecule has 0 saturated heterocycles. The van der Waals surface area contributed by atoms with Crippen molar-refractivity contribution in [3.63, 3.8) is 0 Å². The summed E-state index contributed by atoms with van der Waals surface area (Å²) in [6, 6.07) is 9.87. The number of allylic oxidation sites excluding steroid dienone is 2. The second-order valence-electron chi connectivity index (χ2n) is 8.27. The Labute approximate surface area is 166 Å². The maximum atomic E-state index is 13.0. The highest BCUT2D eigenvalue weighted by Crippen LogP contribution is 2.43. The first kappa shape index (κ1) is 20.3. The lowest BCUT2D eigenvalue weighted by Gasteiger charge is -2.39. The summed E-state index contributed by atoms with van der Waals surface area (Å²) in [4.78, 5) is 25.6. The van der Waals surface area contributed by atoms with Crippen molar-refractivity contribution in [2.75, 3.05) is 13.2 Å². The molecule has 1 aromatic carbocycles. The first-order valence-electron chi connectivity index (χ1n) is 9.85. The molecule has 28 heavy (non-hydrogen) atoms. The quantitative estimate of drug-likeness (QED) is 0.755. The fourth-order valence-corrected chi connectivity index (χ4v) is 4.09. The Kier molecular flexibility index (Phi) is 6.04. The lowest BCUT2D eigenvalue weighted by molar-refractivity contribution is -0.139. The lowest BCUT2D eigenvalue weighted by Crippen LogP contribution is -2.40. The number of ketones is 1. The van der Waals surface area contributed by atoms with E-state index in [9.17, 15) is 9.59 Å². The Morgan fingerprint density at radius 2 is 1.93 bits per heavy atom. The first-order chi connectivity index (χ1) is 13.3. The number of Topliss-reactive ketones (excluding diaryl/α,β-unsaturated/α-hetero) is 1. The Hall–Kier alpha value is -2.40. The van der Waals surface area contributed by atoms with E-state index >= 15 is 0 Å². The molecule has 1 atom stereocenters. The molecule has 150 valence electrons. The van der Waals surface area contributed by atoms with Crippen molar-refractivity contribution in [2.24, 2.45) is 11.3 Å². The second-order valence-corrected chi connectivity index (χ2v) is 8.27. The van der Waals surface area contributed by atoms with Crippen molar-refractivity contribution in [3.8, 4) is 0 Å². The van der Waals surface area contributed by atoms with Gasteiger partial charge in [-0.3, -0.25) is 4.79 Å². The molecule has 1 aliphatic carbocycles. The fourth-order valence-electron chi connectivity index (χ4n) is 4.09. The van der Waals surface area contributed by atoms with Crippen LogP contribution in [-0.4, -0.2) is 25.0 Å². The number of hydrogen-bond donors (Lipinski definition) is 1. The third-order valence-electron chi connectivity index (χ3n) is 5.25. The maximum Gasteiger partial charge on any atom is 0.336 e. The van der Waals surface area contributed by atoms with Crippen molar-refractivity contribution < 1.29 is 19.1 Å². The summed E-state index contributed by atoms with van der Waals surface area (Å²) in [5.41, 5.74) is 3.80. The smallest absolute Gasteiger partial charge is 0.336 e. The van der Waals surface area contributed by atoms with Crippen LogP contribution in [0.15, 0.2) is 52.9 Å². The van der Waals surface area contributed by atoms with Gasteiger partial charge in [-0.2, -0.15) is 0 Å². The highest BCUT2D eigenvalue weighted by atomic mass is 16.5. The molecule has 1 aromatic rings. The number of nitrogens with one attached hydrogen (secondary N) is 1. The Morgan fingerprint density at radius 3 is 2.61 bits per heavy atom. The standard InChI is InChI=1S/C23H29NO4/c1-5-28-22(26)20-15(2)24-18-11-23(3,4)12-19(25)21(18)17(20)14-27-13-16-9-7-6-8-10-16/h6-10,17,24H,5,11-14H2,1-4H3/t17-/m0/s1. The highest BCUT2D eigenvalue weighted by molar-refractivity contribution is 6.02. The van der Waals surface area contributed by atoms with Gasteiger partial charge in [0.2, 0.25) is 0 Å². The molecule has 2 aliphatic rings.